The second-order valence-corrected chi connectivity index (χ2v) is 9.70. The van der Waals surface area contributed by atoms with Crippen LogP contribution in [0.2, 0.25) is 0 Å². The predicted octanol–water partition coefficient (Wildman–Crippen LogP) is 3.28. The number of thioether (sulfide) groups is 1. The molecule has 5 nitrogen and oxygen atoms in total. The molecule has 0 radical (unpaired) electrons. The Hall–Kier alpha value is -1.12. The van der Waals surface area contributed by atoms with Crippen molar-refractivity contribution in [2.24, 2.45) is 4.99 Å². The van der Waals surface area contributed by atoms with Gasteiger partial charge in [-0.15, -0.1) is 0 Å². The van der Waals surface area contributed by atoms with Crippen LogP contribution in [0.3, 0.4) is 0 Å². The Morgan fingerprint density at radius 1 is 1.25 bits per heavy atom. The molecule has 0 bridgehead atoms. The Bertz CT molecular complexity index is 707. The van der Waals surface area contributed by atoms with Crippen molar-refractivity contribution in [1.82, 2.24) is 9.21 Å². The molecule has 24 heavy (non-hydrogen) atoms. The number of hydrogen-bond donors (Lipinski definition) is 0. The van der Waals surface area contributed by atoms with E-state index >= 15 is 0 Å². The average molecular weight is 386 g/mol. The van der Waals surface area contributed by atoms with Gasteiger partial charge in [-0.25, -0.2) is 12.7 Å². The van der Waals surface area contributed by atoms with Crippen molar-refractivity contribution in [3.05, 3.63) is 35.9 Å². The van der Waals surface area contributed by atoms with E-state index in [9.17, 15) is 8.42 Å². The van der Waals surface area contributed by atoms with E-state index in [4.69, 9.17) is 12.2 Å². The summed E-state index contributed by atoms with van der Waals surface area (Å²) >= 11 is 6.68. The first-order chi connectivity index (χ1) is 11.2. The summed E-state index contributed by atoms with van der Waals surface area (Å²) in [6, 6.07) is 9.91. The largest absolute Gasteiger partial charge is 0.343 e. The molecule has 1 aromatic carbocycles. The number of benzene rings is 1. The Morgan fingerprint density at radius 2 is 1.83 bits per heavy atom. The zero-order valence-corrected chi connectivity index (χ0v) is 16.8. The third kappa shape index (κ3) is 4.49. The normalized spacial score (nSPS) is 18.6. The molecule has 0 unspecified atom stereocenters. The van der Waals surface area contributed by atoms with Crippen molar-refractivity contribution in [2.45, 2.75) is 46.3 Å². The first-order valence-electron chi connectivity index (χ1n) is 7.80. The van der Waals surface area contributed by atoms with Gasteiger partial charge in [-0.2, -0.15) is 4.99 Å². The minimum Gasteiger partial charge on any atom is -0.343 e. The topological polar surface area (TPSA) is 53.0 Å². The lowest BCUT2D eigenvalue weighted by atomic mass is 10.2. The zero-order chi connectivity index (χ0) is 17.9. The fourth-order valence-corrected chi connectivity index (χ4v) is 6.14. The van der Waals surface area contributed by atoms with Crippen LogP contribution in [-0.4, -0.2) is 45.1 Å². The Kier molecular flexibility index (Phi) is 6.28. The maximum Gasteiger partial charge on any atom is 0.246 e. The van der Waals surface area contributed by atoms with Gasteiger partial charge < -0.3 is 4.90 Å². The Balaban J connectivity index is 2.28. The molecule has 0 N–H and O–H groups in total. The van der Waals surface area contributed by atoms with Crippen LogP contribution in [0.4, 0.5) is 0 Å². The van der Waals surface area contributed by atoms with Gasteiger partial charge in [0.25, 0.3) is 0 Å². The van der Waals surface area contributed by atoms with Gasteiger partial charge in [0.2, 0.25) is 10.0 Å². The molecule has 1 heterocycles. The van der Waals surface area contributed by atoms with Gasteiger partial charge >= 0.3 is 0 Å². The lowest BCUT2D eigenvalue weighted by Crippen LogP contribution is -2.41. The number of hydrogen-bond acceptors (Lipinski definition) is 4. The van der Waals surface area contributed by atoms with Crippen LogP contribution in [-0.2, 0) is 16.6 Å². The van der Waals surface area contributed by atoms with Gasteiger partial charge in [0, 0.05) is 12.1 Å². The van der Waals surface area contributed by atoms with Gasteiger partial charge in [0.1, 0.15) is 5.08 Å². The molecule has 1 aromatic rings. The van der Waals surface area contributed by atoms with Crippen LogP contribution >= 0.6 is 24.0 Å². The van der Waals surface area contributed by atoms with Crippen LogP contribution in [0.5, 0.6) is 0 Å². The molecule has 1 aliphatic heterocycles. The molecule has 2 rings (SSSR count). The molecular weight excluding hydrogens is 362 g/mol. The second kappa shape index (κ2) is 7.84. The van der Waals surface area contributed by atoms with Crippen molar-refractivity contribution < 1.29 is 8.42 Å². The van der Waals surface area contributed by atoms with Crippen molar-refractivity contribution >= 4 is 44.3 Å². The maximum atomic E-state index is 12.4. The smallest absolute Gasteiger partial charge is 0.246 e. The van der Waals surface area contributed by atoms with Gasteiger partial charge in [0.15, 0.2) is 10.3 Å². The predicted molar refractivity (Wildman–Crippen MR) is 106 cm³/mol. The number of amidine groups is 1. The number of sulfonamides is 1. The van der Waals surface area contributed by atoms with E-state index in [1.165, 1.54) is 16.1 Å². The molecule has 0 spiro atoms. The summed E-state index contributed by atoms with van der Waals surface area (Å²) in [7, 11) is -3.36. The van der Waals surface area contributed by atoms with Crippen LogP contribution in [0.1, 0.15) is 33.3 Å². The van der Waals surface area contributed by atoms with E-state index in [2.05, 4.69) is 4.99 Å². The number of nitrogens with zero attached hydrogens (tertiary/aromatic N) is 3. The monoisotopic (exact) mass is 385 g/mol. The summed E-state index contributed by atoms with van der Waals surface area (Å²) < 4.78 is 26.1. The summed E-state index contributed by atoms with van der Waals surface area (Å²) in [6.45, 7) is 8.47. The molecule has 1 aliphatic rings. The number of aliphatic imine (C=N–C) groups is 1. The first kappa shape index (κ1) is 19.2. The highest BCUT2D eigenvalue weighted by molar-refractivity contribution is 8.25. The highest BCUT2D eigenvalue weighted by Gasteiger charge is 2.35. The third-order valence-corrected chi connectivity index (χ3v) is 7.20. The van der Waals surface area contributed by atoms with Gasteiger partial charge in [-0.05, 0) is 45.5 Å². The van der Waals surface area contributed by atoms with E-state index in [0.717, 1.165) is 5.56 Å². The lowest BCUT2D eigenvalue weighted by molar-refractivity contribution is 0.294. The molecule has 1 fully saturated rings. The van der Waals surface area contributed by atoms with E-state index < -0.39 is 10.0 Å². The van der Waals surface area contributed by atoms with Crippen molar-refractivity contribution in [3.63, 3.8) is 0 Å². The Labute approximate surface area is 154 Å². The SMILES string of the molecule is CC(C)N(C(=S)/N=C1/SCS(=O)(=O)N1Cc1ccccc1)C(C)C. The fourth-order valence-electron chi connectivity index (χ4n) is 2.56. The third-order valence-electron chi connectivity index (χ3n) is 3.58. The molecule has 0 saturated carbocycles. The minimum absolute atomic E-state index is 0.00460. The molecule has 0 aromatic heterocycles. The fraction of sp³-hybridized carbons (Fsp3) is 0.500. The second-order valence-electron chi connectivity index (χ2n) is 6.14. The van der Waals surface area contributed by atoms with E-state index in [1.807, 2.05) is 62.9 Å². The van der Waals surface area contributed by atoms with Crippen LogP contribution in [0.15, 0.2) is 35.3 Å². The first-order valence-corrected chi connectivity index (χ1v) is 10.8. The molecule has 0 amide bonds. The molecular formula is C16H23N3O2S3. The van der Waals surface area contributed by atoms with E-state index in [1.54, 1.807) is 0 Å². The average Bonchev–Trinajstić information content (AvgIpc) is 2.75. The summed E-state index contributed by atoms with van der Waals surface area (Å²) in [5, 5.41) is 0.887. The van der Waals surface area contributed by atoms with Crippen LogP contribution < -0.4 is 0 Å². The molecule has 8 heteroatoms. The van der Waals surface area contributed by atoms with Gasteiger partial charge in [0.05, 0.1) is 6.54 Å². The zero-order valence-electron chi connectivity index (χ0n) is 14.3. The molecule has 0 aliphatic carbocycles. The highest BCUT2D eigenvalue weighted by atomic mass is 32.3. The number of thiocarbonyl (C=S) groups is 1. The summed E-state index contributed by atoms with van der Waals surface area (Å²) in [6.07, 6.45) is 0. The van der Waals surface area contributed by atoms with Crippen LogP contribution in [0.25, 0.3) is 0 Å². The standard InChI is InChI=1S/C16H23N3O2S3/c1-12(2)19(13(3)4)15(22)17-16-18(24(20,21)11-23-16)10-14-8-6-5-7-9-14/h5-9,12-13H,10-11H2,1-4H3/b17-16+. The van der Waals surface area contributed by atoms with Gasteiger partial charge in [-0.1, -0.05) is 42.1 Å². The van der Waals surface area contributed by atoms with E-state index in [-0.39, 0.29) is 23.7 Å². The van der Waals surface area contributed by atoms with Crippen molar-refractivity contribution in [2.75, 3.05) is 5.08 Å². The van der Waals surface area contributed by atoms with E-state index in [0.29, 0.717) is 10.3 Å². The summed E-state index contributed by atoms with van der Waals surface area (Å²) in [4.78, 5) is 6.48. The summed E-state index contributed by atoms with van der Waals surface area (Å²) in [5.41, 5.74) is 0.923. The van der Waals surface area contributed by atoms with Crippen LogP contribution in [0, 0.1) is 0 Å². The quantitative estimate of drug-likeness (QED) is 0.745. The van der Waals surface area contributed by atoms with Gasteiger partial charge in [-0.3, -0.25) is 0 Å². The van der Waals surface area contributed by atoms with Crippen molar-refractivity contribution in [3.8, 4) is 0 Å². The molecule has 1 saturated heterocycles. The Morgan fingerprint density at radius 3 is 2.38 bits per heavy atom. The number of rotatable bonds is 4. The lowest BCUT2D eigenvalue weighted by Gasteiger charge is -2.31. The minimum atomic E-state index is -3.36. The maximum absolute atomic E-state index is 12.4. The van der Waals surface area contributed by atoms with Crippen molar-refractivity contribution in [1.29, 1.82) is 0 Å². The molecule has 0 atom stereocenters. The summed E-state index contributed by atoms with van der Waals surface area (Å²) in [5.74, 6) is 0. The highest BCUT2D eigenvalue weighted by Crippen LogP contribution is 2.28. The molecule has 132 valence electrons.